The molecule has 2 rings (SSSR count). The maximum atomic E-state index is 11.7. The van der Waals surface area contributed by atoms with E-state index in [2.05, 4.69) is 12.2 Å². The van der Waals surface area contributed by atoms with Crippen LogP contribution in [-0.4, -0.2) is 17.6 Å². The number of phenols is 1. The van der Waals surface area contributed by atoms with Gasteiger partial charge in [-0.1, -0.05) is 19.1 Å². The summed E-state index contributed by atoms with van der Waals surface area (Å²) in [5.41, 5.74) is 1.85. The van der Waals surface area contributed by atoms with Gasteiger partial charge in [0.1, 0.15) is 11.5 Å². The maximum absolute atomic E-state index is 11.7. The third-order valence-electron chi connectivity index (χ3n) is 2.85. The molecule has 20 heavy (non-hydrogen) atoms. The first-order valence-electron chi connectivity index (χ1n) is 6.48. The van der Waals surface area contributed by atoms with Gasteiger partial charge < -0.3 is 15.2 Å². The second-order valence-electron chi connectivity index (χ2n) is 4.38. The lowest BCUT2D eigenvalue weighted by Gasteiger charge is -2.08. The number of carbonyl (C=O) groups is 1. The number of hydrogen-bond donors (Lipinski definition) is 2. The Balaban J connectivity index is 1.83. The molecule has 4 nitrogen and oxygen atoms in total. The largest absolute Gasteiger partial charge is 0.508 e. The summed E-state index contributed by atoms with van der Waals surface area (Å²) < 4.78 is 5.40. The van der Waals surface area contributed by atoms with Crippen molar-refractivity contribution in [3.05, 3.63) is 54.1 Å². The first kappa shape index (κ1) is 13.9. The summed E-state index contributed by atoms with van der Waals surface area (Å²) in [7, 11) is 0. The highest BCUT2D eigenvalue weighted by atomic mass is 16.5. The summed E-state index contributed by atoms with van der Waals surface area (Å²) in [6.07, 6.45) is 0.974. The minimum Gasteiger partial charge on any atom is -0.508 e. The Kier molecular flexibility index (Phi) is 4.60. The number of carbonyl (C=O) groups excluding carboxylic acids is 1. The van der Waals surface area contributed by atoms with Gasteiger partial charge in [-0.05, 0) is 48.4 Å². The van der Waals surface area contributed by atoms with E-state index in [1.807, 2.05) is 24.3 Å². The molecular formula is C16H17NO3. The van der Waals surface area contributed by atoms with Crippen LogP contribution in [0.5, 0.6) is 11.5 Å². The Labute approximate surface area is 118 Å². The second kappa shape index (κ2) is 6.61. The molecule has 1 amide bonds. The summed E-state index contributed by atoms with van der Waals surface area (Å²) in [6.45, 7) is 2.04. The molecule has 0 saturated carbocycles. The van der Waals surface area contributed by atoms with Crippen molar-refractivity contribution in [2.45, 2.75) is 13.3 Å². The number of hydrogen-bond acceptors (Lipinski definition) is 3. The molecule has 0 saturated heterocycles. The van der Waals surface area contributed by atoms with Crippen LogP contribution in [-0.2, 0) is 11.2 Å². The molecule has 0 radical (unpaired) electrons. The minimum absolute atomic E-state index is 0.0493. The molecule has 0 heterocycles. The number of aromatic hydroxyl groups is 1. The van der Waals surface area contributed by atoms with Crippen molar-refractivity contribution >= 4 is 11.6 Å². The SMILES string of the molecule is CCc1ccc(OCC(=O)Nc2ccc(O)cc2)cc1. The van der Waals surface area contributed by atoms with Gasteiger partial charge in [-0.3, -0.25) is 4.79 Å². The van der Waals surface area contributed by atoms with Crippen molar-refractivity contribution in [3.63, 3.8) is 0 Å². The van der Waals surface area contributed by atoms with Gasteiger partial charge >= 0.3 is 0 Å². The number of amides is 1. The zero-order valence-corrected chi connectivity index (χ0v) is 11.3. The molecule has 0 aromatic heterocycles. The lowest BCUT2D eigenvalue weighted by Crippen LogP contribution is -2.20. The molecule has 2 aromatic carbocycles. The number of nitrogens with one attached hydrogen (secondary N) is 1. The van der Waals surface area contributed by atoms with Crippen LogP contribution in [0.3, 0.4) is 0 Å². The monoisotopic (exact) mass is 271 g/mol. The fourth-order valence-electron chi connectivity index (χ4n) is 1.71. The van der Waals surface area contributed by atoms with Crippen molar-refractivity contribution in [1.29, 1.82) is 0 Å². The van der Waals surface area contributed by atoms with Crippen LogP contribution in [0.25, 0.3) is 0 Å². The smallest absolute Gasteiger partial charge is 0.262 e. The average Bonchev–Trinajstić information content (AvgIpc) is 2.48. The summed E-state index contributed by atoms with van der Waals surface area (Å²) in [6, 6.07) is 14.0. The first-order valence-corrected chi connectivity index (χ1v) is 6.48. The van der Waals surface area contributed by atoms with Gasteiger partial charge in [-0.2, -0.15) is 0 Å². The average molecular weight is 271 g/mol. The van der Waals surface area contributed by atoms with E-state index in [0.717, 1.165) is 6.42 Å². The number of phenolic OH excluding ortho intramolecular Hbond substituents is 1. The number of benzene rings is 2. The molecule has 0 fully saturated rings. The predicted octanol–water partition coefficient (Wildman–Crippen LogP) is 2.97. The molecule has 0 spiro atoms. The highest BCUT2D eigenvalue weighted by Gasteiger charge is 2.03. The molecule has 2 N–H and O–H groups in total. The summed E-state index contributed by atoms with van der Waals surface area (Å²) in [4.78, 5) is 11.7. The van der Waals surface area contributed by atoms with Crippen LogP contribution >= 0.6 is 0 Å². The Hall–Kier alpha value is -2.49. The molecule has 0 aliphatic heterocycles. The first-order chi connectivity index (χ1) is 9.67. The fourth-order valence-corrected chi connectivity index (χ4v) is 1.71. The molecule has 0 aliphatic carbocycles. The topological polar surface area (TPSA) is 58.6 Å². The van der Waals surface area contributed by atoms with Crippen LogP contribution in [0.4, 0.5) is 5.69 Å². The summed E-state index contributed by atoms with van der Waals surface area (Å²) in [5, 5.41) is 11.8. The van der Waals surface area contributed by atoms with Gasteiger partial charge in [0, 0.05) is 5.69 Å². The Morgan fingerprint density at radius 1 is 1.10 bits per heavy atom. The van der Waals surface area contributed by atoms with Crippen LogP contribution in [0.15, 0.2) is 48.5 Å². The quantitative estimate of drug-likeness (QED) is 0.822. The Morgan fingerprint density at radius 2 is 1.75 bits per heavy atom. The third-order valence-corrected chi connectivity index (χ3v) is 2.85. The van der Waals surface area contributed by atoms with E-state index in [4.69, 9.17) is 9.84 Å². The summed E-state index contributed by atoms with van der Waals surface area (Å²) >= 11 is 0. The standard InChI is InChI=1S/C16H17NO3/c1-2-12-3-9-15(10-4-12)20-11-16(19)17-13-5-7-14(18)8-6-13/h3-10,18H,2,11H2,1H3,(H,17,19). The third kappa shape index (κ3) is 4.02. The Bertz CT molecular complexity index is 561. The molecule has 2 aromatic rings. The van der Waals surface area contributed by atoms with Gasteiger partial charge in [0.05, 0.1) is 0 Å². The van der Waals surface area contributed by atoms with E-state index in [1.165, 1.54) is 17.7 Å². The van der Waals surface area contributed by atoms with E-state index >= 15 is 0 Å². The predicted molar refractivity (Wildman–Crippen MR) is 78.1 cm³/mol. The number of aryl methyl sites for hydroxylation is 1. The van der Waals surface area contributed by atoms with Crippen molar-refractivity contribution < 1.29 is 14.6 Å². The van der Waals surface area contributed by atoms with E-state index in [0.29, 0.717) is 11.4 Å². The molecule has 0 unspecified atom stereocenters. The maximum Gasteiger partial charge on any atom is 0.262 e. The highest BCUT2D eigenvalue weighted by molar-refractivity contribution is 5.91. The fraction of sp³-hybridized carbons (Fsp3) is 0.188. The van der Waals surface area contributed by atoms with Crippen molar-refractivity contribution in [1.82, 2.24) is 0 Å². The van der Waals surface area contributed by atoms with Gasteiger partial charge in [0.2, 0.25) is 0 Å². The van der Waals surface area contributed by atoms with Gasteiger partial charge in [-0.15, -0.1) is 0 Å². The molecule has 0 aliphatic rings. The summed E-state index contributed by atoms with van der Waals surface area (Å²) in [5.74, 6) is 0.591. The van der Waals surface area contributed by atoms with E-state index in [-0.39, 0.29) is 18.3 Å². The van der Waals surface area contributed by atoms with E-state index in [1.54, 1.807) is 12.1 Å². The van der Waals surface area contributed by atoms with E-state index in [9.17, 15) is 4.79 Å². The van der Waals surface area contributed by atoms with Crippen LogP contribution < -0.4 is 10.1 Å². The van der Waals surface area contributed by atoms with Crippen molar-refractivity contribution in [2.75, 3.05) is 11.9 Å². The molecular weight excluding hydrogens is 254 g/mol. The van der Waals surface area contributed by atoms with Crippen molar-refractivity contribution in [2.24, 2.45) is 0 Å². The zero-order valence-electron chi connectivity index (χ0n) is 11.3. The van der Waals surface area contributed by atoms with E-state index < -0.39 is 0 Å². The van der Waals surface area contributed by atoms with Gasteiger partial charge in [0.25, 0.3) is 5.91 Å². The lowest BCUT2D eigenvalue weighted by atomic mass is 10.2. The number of rotatable bonds is 5. The van der Waals surface area contributed by atoms with Gasteiger partial charge in [0.15, 0.2) is 6.61 Å². The number of anilines is 1. The molecule has 0 bridgehead atoms. The zero-order chi connectivity index (χ0) is 14.4. The molecule has 104 valence electrons. The molecule has 0 atom stereocenters. The minimum atomic E-state index is -0.241. The van der Waals surface area contributed by atoms with Crippen LogP contribution in [0.1, 0.15) is 12.5 Å². The number of ether oxygens (including phenoxy) is 1. The van der Waals surface area contributed by atoms with Crippen molar-refractivity contribution in [3.8, 4) is 11.5 Å². The second-order valence-corrected chi connectivity index (χ2v) is 4.38. The van der Waals surface area contributed by atoms with Gasteiger partial charge in [-0.25, -0.2) is 0 Å². The Morgan fingerprint density at radius 3 is 2.35 bits per heavy atom. The highest BCUT2D eigenvalue weighted by Crippen LogP contribution is 2.14. The van der Waals surface area contributed by atoms with Crippen LogP contribution in [0, 0.1) is 0 Å². The lowest BCUT2D eigenvalue weighted by molar-refractivity contribution is -0.118. The normalized spacial score (nSPS) is 10.1. The van der Waals surface area contributed by atoms with Crippen LogP contribution in [0.2, 0.25) is 0 Å². The molecule has 4 heteroatoms.